The molecule has 0 bridgehead atoms. The van der Waals surface area contributed by atoms with Crippen molar-refractivity contribution in [3.63, 3.8) is 0 Å². The van der Waals surface area contributed by atoms with E-state index in [1.54, 1.807) is 6.07 Å². The minimum absolute atomic E-state index is 0.0374. The lowest BCUT2D eigenvalue weighted by Crippen LogP contribution is -2.27. The Morgan fingerprint density at radius 2 is 2.30 bits per heavy atom. The van der Waals surface area contributed by atoms with Crippen molar-refractivity contribution in [1.29, 1.82) is 0 Å². The van der Waals surface area contributed by atoms with Crippen LogP contribution < -0.4 is 10.5 Å². The molecule has 0 aliphatic heterocycles. The van der Waals surface area contributed by atoms with Crippen molar-refractivity contribution >= 4 is 5.84 Å². The number of rotatable bonds is 4. The third-order valence-corrected chi connectivity index (χ3v) is 3.97. The molecule has 1 aromatic rings. The lowest BCUT2D eigenvalue weighted by atomic mass is 9.85. The summed E-state index contributed by atoms with van der Waals surface area (Å²) >= 11 is 0. The van der Waals surface area contributed by atoms with Gasteiger partial charge in [0.2, 0.25) is 5.88 Å². The van der Waals surface area contributed by atoms with E-state index in [1.807, 2.05) is 13.0 Å². The SMILES string of the molecule is CCC1CCCC(Oc2nc(C)ccc2C(N)=NO)C1. The van der Waals surface area contributed by atoms with Crippen molar-refractivity contribution in [3.05, 3.63) is 23.4 Å². The molecule has 0 spiro atoms. The molecular weight excluding hydrogens is 254 g/mol. The fraction of sp³-hybridized carbons (Fsp3) is 0.600. The number of oxime groups is 1. The monoisotopic (exact) mass is 277 g/mol. The lowest BCUT2D eigenvalue weighted by Gasteiger charge is -2.29. The van der Waals surface area contributed by atoms with Crippen LogP contribution in [0.2, 0.25) is 0 Å². The predicted octanol–water partition coefficient (Wildman–Crippen LogP) is 2.83. The first-order chi connectivity index (χ1) is 9.63. The number of aromatic nitrogens is 1. The number of nitrogens with two attached hydrogens (primary N) is 1. The van der Waals surface area contributed by atoms with E-state index in [4.69, 9.17) is 15.7 Å². The number of ether oxygens (including phenoxy) is 1. The molecule has 0 radical (unpaired) electrons. The van der Waals surface area contributed by atoms with E-state index in [0.717, 1.165) is 24.5 Å². The fourth-order valence-corrected chi connectivity index (χ4v) is 2.75. The molecule has 5 heteroatoms. The molecular formula is C15H23N3O2. The molecule has 0 amide bonds. The number of amidine groups is 1. The first kappa shape index (κ1) is 14.6. The maximum atomic E-state index is 8.85. The van der Waals surface area contributed by atoms with Crippen molar-refractivity contribution in [2.24, 2.45) is 16.8 Å². The van der Waals surface area contributed by atoms with Crippen LogP contribution in [0, 0.1) is 12.8 Å². The Kier molecular flexibility index (Phi) is 4.82. The van der Waals surface area contributed by atoms with Crippen LogP contribution in [0.1, 0.15) is 50.3 Å². The van der Waals surface area contributed by atoms with Crippen LogP contribution in [-0.2, 0) is 0 Å². The summed E-state index contributed by atoms with van der Waals surface area (Å²) in [4.78, 5) is 4.39. The van der Waals surface area contributed by atoms with Crippen LogP contribution in [0.3, 0.4) is 0 Å². The van der Waals surface area contributed by atoms with E-state index in [0.29, 0.717) is 11.4 Å². The minimum Gasteiger partial charge on any atom is -0.474 e. The van der Waals surface area contributed by atoms with Crippen LogP contribution in [0.4, 0.5) is 0 Å². The van der Waals surface area contributed by atoms with Gasteiger partial charge in [-0.25, -0.2) is 4.98 Å². The Hall–Kier alpha value is -1.78. The summed E-state index contributed by atoms with van der Waals surface area (Å²) in [5, 5.41) is 11.9. The second kappa shape index (κ2) is 6.59. The van der Waals surface area contributed by atoms with Crippen LogP contribution in [0.15, 0.2) is 17.3 Å². The molecule has 1 heterocycles. The second-order valence-electron chi connectivity index (χ2n) is 5.47. The Balaban J connectivity index is 2.17. The highest BCUT2D eigenvalue weighted by molar-refractivity contribution is 5.99. The maximum Gasteiger partial charge on any atom is 0.225 e. The summed E-state index contributed by atoms with van der Waals surface area (Å²) in [6.45, 7) is 4.12. The number of hydrogen-bond acceptors (Lipinski definition) is 4. The van der Waals surface area contributed by atoms with E-state index in [9.17, 15) is 0 Å². The molecule has 5 nitrogen and oxygen atoms in total. The third-order valence-electron chi connectivity index (χ3n) is 3.97. The van der Waals surface area contributed by atoms with Gasteiger partial charge in [0.1, 0.15) is 6.10 Å². The van der Waals surface area contributed by atoms with Gasteiger partial charge >= 0.3 is 0 Å². The summed E-state index contributed by atoms with van der Waals surface area (Å²) in [6, 6.07) is 3.61. The Morgan fingerprint density at radius 1 is 1.50 bits per heavy atom. The van der Waals surface area contributed by atoms with Crippen LogP contribution >= 0.6 is 0 Å². The van der Waals surface area contributed by atoms with Gasteiger partial charge in [0, 0.05) is 5.69 Å². The first-order valence-electron chi connectivity index (χ1n) is 7.26. The third kappa shape index (κ3) is 3.40. The molecule has 1 aliphatic rings. The second-order valence-corrected chi connectivity index (χ2v) is 5.47. The average Bonchev–Trinajstić information content (AvgIpc) is 2.47. The molecule has 2 unspecified atom stereocenters. The van der Waals surface area contributed by atoms with E-state index >= 15 is 0 Å². The fourth-order valence-electron chi connectivity index (χ4n) is 2.75. The lowest BCUT2D eigenvalue weighted by molar-refractivity contribution is 0.116. The summed E-state index contributed by atoms with van der Waals surface area (Å²) in [5.74, 6) is 1.24. The van der Waals surface area contributed by atoms with Crippen LogP contribution in [0.5, 0.6) is 5.88 Å². The number of pyridine rings is 1. The standard InChI is InChI=1S/C15H23N3O2/c1-3-11-5-4-6-12(9-11)20-15-13(14(16)18-19)8-7-10(2)17-15/h7-8,11-12,19H,3-6,9H2,1-2H3,(H2,16,18). The highest BCUT2D eigenvalue weighted by atomic mass is 16.5. The van der Waals surface area contributed by atoms with Crippen molar-refractivity contribution in [2.45, 2.75) is 52.1 Å². The number of aryl methyl sites for hydroxylation is 1. The zero-order valence-electron chi connectivity index (χ0n) is 12.2. The molecule has 0 aromatic carbocycles. The van der Waals surface area contributed by atoms with Gasteiger partial charge in [0.05, 0.1) is 5.56 Å². The Bertz CT molecular complexity index is 488. The minimum atomic E-state index is 0.0374. The summed E-state index contributed by atoms with van der Waals surface area (Å²) in [5.41, 5.74) is 7.09. The zero-order valence-corrected chi connectivity index (χ0v) is 12.2. The van der Waals surface area contributed by atoms with Crippen molar-refractivity contribution < 1.29 is 9.94 Å². The first-order valence-corrected chi connectivity index (χ1v) is 7.26. The van der Waals surface area contributed by atoms with Crippen molar-refractivity contribution in [2.75, 3.05) is 0 Å². The largest absolute Gasteiger partial charge is 0.474 e. The van der Waals surface area contributed by atoms with E-state index in [1.165, 1.54) is 19.3 Å². The summed E-state index contributed by atoms with van der Waals surface area (Å²) in [6.07, 6.45) is 5.93. The van der Waals surface area contributed by atoms with Gasteiger partial charge in [0.25, 0.3) is 0 Å². The molecule has 1 aliphatic carbocycles. The van der Waals surface area contributed by atoms with Gasteiger partial charge in [-0.3, -0.25) is 0 Å². The summed E-state index contributed by atoms with van der Waals surface area (Å²) in [7, 11) is 0. The zero-order chi connectivity index (χ0) is 14.5. The molecule has 20 heavy (non-hydrogen) atoms. The normalized spacial score (nSPS) is 23.6. The molecule has 0 saturated heterocycles. The molecule has 1 saturated carbocycles. The van der Waals surface area contributed by atoms with Gasteiger partial charge in [0.15, 0.2) is 5.84 Å². The topological polar surface area (TPSA) is 80.7 Å². The van der Waals surface area contributed by atoms with Crippen LogP contribution in [0.25, 0.3) is 0 Å². The summed E-state index contributed by atoms with van der Waals surface area (Å²) < 4.78 is 6.04. The van der Waals surface area contributed by atoms with Gasteiger partial charge in [-0.1, -0.05) is 24.9 Å². The van der Waals surface area contributed by atoms with Crippen LogP contribution in [-0.4, -0.2) is 22.1 Å². The van der Waals surface area contributed by atoms with Gasteiger partial charge in [-0.15, -0.1) is 0 Å². The highest BCUT2D eigenvalue weighted by Crippen LogP contribution is 2.30. The highest BCUT2D eigenvalue weighted by Gasteiger charge is 2.24. The van der Waals surface area contributed by atoms with E-state index < -0.39 is 0 Å². The van der Waals surface area contributed by atoms with Crippen molar-refractivity contribution in [1.82, 2.24) is 4.98 Å². The average molecular weight is 277 g/mol. The molecule has 3 N–H and O–H groups in total. The maximum absolute atomic E-state index is 8.85. The van der Waals surface area contributed by atoms with E-state index in [2.05, 4.69) is 17.1 Å². The van der Waals surface area contributed by atoms with Gasteiger partial charge in [-0.05, 0) is 44.2 Å². The van der Waals surface area contributed by atoms with Gasteiger partial charge < -0.3 is 15.7 Å². The molecule has 2 rings (SSSR count). The smallest absolute Gasteiger partial charge is 0.225 e. The molecule has 2 atom stereocenters. The van der Waals surface area contributed by atoms with E-state index in [-0.39, 0.29) is 11.9 Å². The Labute approximate surface area is 119 Å². The number of nitrogens with zero attached hydrogens (tertiary/aromatic N) is 2. The van der Waals surface area contributed by atoms with Gasteiger partial charge in [-0.2, -0.15) is 0 Å². The Morgan fingerprint density at radius 3 is 3.00 bits per heavy atom. The quantitative estimate of drug-likeness (QED) is 0.384. The number of hydrogen-bond donors (Lipinski definition) is 2. The predicted molar refractivity (Wildman–Crippen MR) is 78.1 cm³/mol. The van der Waals surface area contributed by atoms with Crippen molar-refractivity contribution in [3.8, 4) is 5.88 Å². The molecule has 1 fully saturated rings. The molecule has 110 valence electrons. The molecule has 1 aromatic heterocycles.